The van der Waals surface area contributed by atoms with Gasteiger partial charge >= 0.3 is 11.6 Å². The van der Waals surface area contributed by atoms with Crippen molar-refractivity contribution in [1.82, 2.24) is 0 Å². The van der Waals surface area contributed by atoms with Crippen molar-refractivity contribution in [3.8, 4) is 5.75 Å². The summed E-state index contributed by atoms with van der Waals surface area (Å²) in [4.78, 5) is 22.8. The molecule has 2 aromatic rings. The number of allylic oxidation sites excluding steroid dienone is 2. The molecule has 0 aliphatic heterocycles. The van der Waals surface area contributed by atoms with Gasteiger partial charge in [0.2, 0.25) is 0 Å². The van der Waals surface area contributed by atoms with Crippen LogP contribution in [0.3, 0.4) is 0 Å². The van der Waals surface area contributed by atoms with Crippen LogP contribution in [0.5, 0.6) is 5.75 Å². The molecule has 0 N–H and O–H groups in total. The van der Waals surface area contributed by atoms with Crippen LogP contribution in [0.15, 0.2) is 62.8 Å². The van der Waals surface area contributed by atoms with Gasteiger partial charge in [-0.2, -0.15) is 0 Å². The number of fused-ring (bicyclic) bond motifs is 1. The molecule has 166 valence electrons. The number of hydrogen-bond donors (Lipinski definition) is 0. The molecular weight excluding hydrogens is 392 g/mol. The van der Waals surface area contributed by atoms with E-state index in [9.17, 15) is 9.59 Å². The van der Waals surface area contributed by atoms with E-state index in [-0.39, 0.29) is 23.1 Å². The fourth-order valence-corrected chi connectivity index (χ4v) is 4.44. The Morgan fingerprint density at radius 3 is 2.74 bits per heavy atom. The van der Waals surface area contributed by atoms with Gasteiger partial charge in [-0.25, -0.2) is 4.79 Å². The van der Waals surface area contributed by atoms with Crippen LogP contribution in [0.25, 0.3) is 11.0 Å². The molecule has 0 saturated heterocycles. The minimum Gasteiger partial charge on any atom is -0.490 e. The van der Waals surface area contributed by atoms with E-state index in [1.54, 1.807) is 12.1 Å². The lowest BCUT2D eigenvalue weighted by molar-refractivity contribution is -0.155. The number of benzene rings is 1. The van der Waals surface area contributed by atoms with E-state index in [1.807, 2.05) is 12.1 Å². The van der Waals surface area contributed by atoms with Gasteiger partial charge in [-0.3, -0.25) is 4.79 Å². The highest BCUT2D eigenvalue weighted by atomic mass is 16.5. The molecule has 3 rings (SSSR count). The third-order valence-corrected chi connectivity index (χ3v) is 6.34. The third-order valence-electron chi connectivity index (χ3n) is 6.34. The molecule has 2 unspecified atom stereocenters. The fraction of sp³-hybridized carbons (Fsp3) is 0.462. The summed E-state index contributed by atoms with van der Waals surface area (Å²) >= 11 is 0. The zero-order chi connectivity index (χ0) is 22.6. The molecule has 1 aromatic heterocycles. The highest BCUT2D eigenvalue weighted by Crippen LogP contribution is 2.45. The average Bonchev–Trinajstić information content (AvgIpc) is 2.70. The quantitative estimate of drug-likeness (QED) is 0.318. The van der Waals surface area contributed by atoms with Gasteiger partial charge in [0.25, 0.3) is 0 Å². The van der Waals surface area contributed by atoms with E-state index in [0.29, 0.717) is 18.1 Å². The van der Waals surface area contributed by atoms with Gasteiger partial charge < -0.3 is 13.9 Å². The lowest BCUT2D eigenvalue weighted by atomic mass is 9.65. The Hall–Kier alpha value is -2.82. The Morgan fingerprint density at radius 1 is 1.23 bits per heavy atom. The summed E-state index contributed by atoms with van der Waals surface area (Å²) in [6.07, 6.45) is 6.99. The first-order valence-electron chi connectivity index (χ1n) is 10.8. The van der Waals surface area contributed by atoms with Crippen LogP contribution >= 0.6 is 0 Å². The number of carbonyl (C=O) groups is 1. The van der Waals surface area contributed by atoms with Gasteiger partial charge in [0, 0.05) is 30.2 Å². The molecule has 1 heterocycles. The van der Waals surface area contributed by atoms with Gasteiger partial charge in [-0.15, -0.1) is 0 Å². The van der Waals surface area contributed by atoms with Gasteiger partial charge in [-0.05, 0) is 62.9 Å². The second kappa shape index (κ2) is 9.54. The Kier molecular flexibility index (Phi) is 7.04. The molecule has 0 fully saturated rings. The van der Waals surface area contributed by atoms with Crippen molar-refractivity contribution >= 4 is 16.9 Å². The standard InChI is InChI=1S/C26H32O5/c1-17(6-10-22-18(2)7-12-24(26(22,4)5)30-19(3)27)14-15-29-21-9-11-23-20(16-21)8-13-25(28)31-23/h7-9,11,13-14,16,22,24H,6,10,12,15H2,1-5H3. The molecule has 0 radical (unpaired) electrons. The van der Waals surface area contributed by atoms with Crippen LogP contribution in [0.1, 0.15) is 53.9 Å². The maximum Gasteiger partial charge on any atom is 0.336 e. The van der Waals surface area contributed by atoms with Crippen molar-refractivity contribution in [1.29, 1.82) is 0 Å². The van der Waals surface area contributed by atoms with Crippen LogP contribution in [0, 0.1) is 11.3 Å². The van der Waals surface area contributed by atoms with Crippen molar-refractivity contribution in [3.63, 3.8) is 0 Å². The minimum absolute atomic E-state index is 0.0800. The number of carbonyl (C=O) groups excluding carboxylic acids is 1. The summed E-state index contributed by atoms with van der Waals surface area (Å²) in [7, 11) is 0. The predicted molar refractivity (Wildman–Crippen MR) is 122 cm³/mol. The molecule has 1 aromatic carbocycles. The van der Waals surface area contributed by atoms with Gasteiger partial charge in [-0.1, -0.05) is 31.1 Å². The van der Waals surface area contributed by atoms with Crippen LogP contribution in [0.4, 0.5) is 0 Å². The third kappa shape index (κ3) is 5.66. The van der Waals surface area contributed by atoms with Crippen molar-refractivity contribution in [2.45, 2.75) is 60.0 Å². The smallest absolute Gasteiger partial charge is 0.336 e. The minimum atomic E-state index is -0.356. The molecule has 0 spiro atoms. The van der Waals surface area contributed by atoms with E-state index in [0.717, 1.165) is 30.4 Å². The van der Waals surface area contributed by atoms with E-state index in [4.69, 9.17) is 13.9 Å². The molecule has 5 nitrogen and oxygen atoms in total. The number of ether oxygens (including phenoxy) is 2. The van der Waals surface area contributed by atoms with Gasteiger partial charge in [0.1, 0.15) is 24.0 Å². The molecule has 0 amide bonds. The van der Waals surface area contributed by atoms with Crippen LogP contribution in [0.2, 0.25) is 0 Å². The molecule has 1 aliphatic carbocycles. The van der Waals surface area contributed by atoms with Crippen LogP contribution in [-0.2, 0) is 9.53 Å². The van der Waals surface area contributed by atoms with Crippen molar-refractivity contribution in [2.24, 2.45) is 11.3 Å². The first-order chi connectivity index (χ1) is 14.7. The van der Waals surface area contributed by atoms with Crippen LogP contribution < -0.4 is 10.4 Å². The van der Waals surface area contributed by atoms with E-state index >= 15 is 0 Å². The number of rotatable bonds is 7. The van der Waals surface area contributed by atoms with E-state index in [2.05, 4.69) is 39.8 Å². The predicted octanol–water partition coefficient (Wildman–Crippen LogP) is 5.82. The fourth-order valence-electron chi connectivity index (χ4n) is 4.44. The summed E-state index contributed by atoms with van der Waals surface area (Å²) in [6.45, 7) is 10.7. The Morgan fingerprint density at radius 2 is 2.00 bits per heavy atom. The first kappa shape index (κ1) is 22.9. The number of esters is 1. The molecule has 0 saturated carbocycles. The highest BCUT2D eigenvalue weighted by molar-refractivity contribution is 5.77. The monoisotopic (exact) mass is 424 g/mol. The average molecular weight is 425 g/mol. The second-order valence-corrected chi connectivity index (χ2v) is 9.01. The van der Waals surface area contributed by atoms with Crippen molar-refractivity contribution in [2.75, 3.05) is 6.61 Å². The van der Waals surface area contributed by atoms with Crippen LogP contribution in [-0.4, -0.2) is 18.7 Å². The molecular formula is C26H32O5. The second-order valence-electron chi connectivity index (χ2n) is 9.01. The van der Waals surface area contributed by atoms with E-state index in [1.165, 1.54) is 24.1 Å². The summed E-state index contributed by atoms with van der Waals surface area (Å²) in [5.41, 5.74) is 2.74. The SMILES string of the molecule is CC(=O)OC1CC=C(C)C(CCC(C)=CCOc2ccc3oc(=O)ccc3c2)C1(C)C. The Labute approximate surface area is 183 Å². The highest BCUT2D eigenvalue weighted by Gasteiger charge is 2.41. The lowest BCUT2D eigenvalue weighted by Gasteiger charge is -2.44. The normalized spacial score (nSPS) is 20.9. The topological polar surface area (TPSA) is 65.7 Å². The Bertz CT molecular complexity index is 1060. The van der Waals surface area contributed by atoms with Gasteiger partial charge in [0.15, 0.2) is 0 Å². The summed E-state index contributed by atoms with van der Waals surface area (Å²) in [6, 6.07) is 8.57. The lowest BCUT2D eigenvalue weighted by Crippen LogP contribution is -2.42. The van der Waals surface area contributed by atoms with Gasteiger partial charge in [0.05, 0.1) is 0 Å². The zero-order valence-electron chi connectivity index (χ0n) is 19.1. The molecule has 31 heavy (non-hydrogen) atoms. The van der Waals surface area contributed by atoms with Crippen molar-refractivity contribution in [3.05, 3.63) is 64.1 Å². The molecule has 1 aliphatic rings. The summed E-state index contributed by atoms with van der Waals surface area (Å²) in [5.74, 6) is 0.889. The summed E-state index contributed by atoms with van der Waals surface area (Å²) < 4.78 is 16.6. The van der Waals surface area contributed by atoms with E-state index < -0.39 is 0 Å². The summed E-state index contributed by atoms with van der Waals surface area (Å²) in [5, 5.41) is 0.835. The molecule has 2 atom stereocenters. The zero-order valence-corrected chi connectivity index (χ0v) is 19.1. The molecule has 5 heteroatoms. The maximum absolute atomic E-state index is 11.5. The maximum atomic E-state index is 11.5. The van der Waals surface area contributed by atoms with Crippen molar-refractivity contribution < 1.29 is 18.7 Å². The largest absolute Gasteiger partial charge is 0.490 e. The Balaban J connectivity index is 1.57. The molecule has 0 bridgehead atoms. The number of hydrogen-bond acceptors (Lipinski definition) is 5. The first-order valence-corrected chi connectivity index (χ1v) is 10.8.